The summed E-state index contributed by atoms with van der Waals surface area (Å²) in [6.07, 6.45) is 2.36. The van der Waals surface area contributed by atoms with E-state index in [1.165, 1.54) is 29.3 Å². The summed E-state index contributed by atoms with van der Waals surface area (Å²) in [7, 11) is -4.09. The van der Waals surface area contributed by atoms with Gasteiger partial charge in [-0.3, -0.25) is 9.59 Å². The van der Waals surface area contributed by atoms with Crippen molar-refractivity contribution in [3.63, 3.8) is 0 Å². The first kappa shape index (κ1) is 28.8. The molecule has 1 aliphatic heterocycles. The number of halogens is 2. The van der Waals surface area contributed by atoms with Gasteiger partial charge in [-0.05, 0) is 74.9 Å². The van der Waals surface area contributed by atoms with E-state index >= 15 is 0 Å². The van der Waals surface area contributed by atoms with Crippen molar-refractivity contribution < 1.29 is 18.0 Å². The average Bonchev–Trinajstić information content (AvgIpc) is 2.85. The van der Waals surface area contributed by atoms with Crippen LogP contribution >= 0.6 is 23.2 Å². The summed E-state index contributed by atoms with van der Waals surface area (Å²) >= 11 is 12.0. The number of carbonyl (C=O) groups excluding carboxylic acids is 2. The molecule has 0 bridgehead atoms. The van der Waals surface area contributed by atoms with Gasteiger partial charge in [0.2, 0.25) is 21.8 Å². The Morgan fingerprint density at radius 2 is 1.89 bits per heavy atom. The zero-order valence-electron chi connectivity index (χ0n) is 21.8. The van der Waals surface area contributed by atoms with E-state index in [-0.39, 0.29) is 51.9 Å². The zero-order valence-corrected chi connectivity index (χ0v) is 24.1. The summed E-state index contributed by atoms with van der Waals surface area (Å²) in [5, 5.41) is 9.55. The second-order valence-corrected chi connectivity index (χ2v) is 13.6. The summed E-state index contributed by atoms with van der Waals surface area (Å²) in [5.41, 5.74) is 3.47. The van der Waals surface area contributed by atoms with Crippen molar-refractivity contribution >= 4 is 45.0 Å². The summed E-state index contributed by atoms with van der Waals surface area (Å²) in [5.74, 6) is -0.882. The molecule has 2 aliphatic rings. The molecule has 0 radical (unpaired) electrons. The standard InChI is InChI=1S/C27H34Cl2N4O4S/c1-27(2,3)31-16-17-7-9-20-18(13-17)5-4-6-23(20)32-25(34)15-24-26(35)30-11-12-33(24)38(36,37)19-8-10-21(28)22(29)14-19/h7-10,13-14,23-24,31H,4-6,11-12,15-16H2,1-3H3,(H,30,35)(H,32,34)/t23-,24-/m1/s1. The maximum absolute atomic E-state index is 13.4. The maximum atomic E-state index is 13.4. The minimum Gasteiger partial charge on any atom is -0.353 e. The highest BCUT2D eigenvalue weighted by molar-refractivity contribution is 7.89. The minimum absolute atomic E-state index is 0.0129. The molecule has 3 N–H and O–H groups in total. The summed E-state index contributed by atoms with van der Waals surface area (Å²) in [6, 6.07) is 8.96. The lowest BCUT2D eigenvalue weighted by atomic mass is 9.86. The van der Waals surface area contributed by atoms with Crippen LogP contribution in [0, 0.1) is 0 Å². The third-order valence-electron chi connectivity index (χ3n) is 6.84. The van der Waals surface area contributed by atoms with Crippen LogP contribution in [0.4, 0.5) is 0 Å². The van der Waals surface area contributed by atoms with E-state index in [1.54, 1.807) is 0 Å². The third kappa shape index (κ3) is 6.69. The number of aryl methyl sites for hydroxylation is 1. The summed E-state index contributed by atoms with van der Waals surface area (Å²) < 4.78 is 27.9. The third-order valence-corrected chi connectivity index (χ3v) is 9.48. The number of nitrogens with one attached hydrogen (secondary N) is 3. The summed E-state index contributed by atoms with van der Waals surface area (Å²) in [6.45, 7) is 7.33. The van der Waals surface area contributed by atoms with Crippen molar-refractivity contribution in [1.29, 1.82) is 0 Å². The number of rotatable bonds is 7. The van der Waals surface area contributed by atoms with E-state index in [0.717, 1.165) is 35.7 Å². The number of hydrogen-bond acceptors (Lipinski definition) is 5. The van der Waals surface area contributed by atoms with Crippen molar-refractivity contribution in [2.75, 3.05) is 13.1 Å². The fraction of sp³-hybridized carbons (Fsp3) is 0.481. The Kier molecular flexibility index (Phi) is 8.74. The number of benzene rings is 2. The van der Waals surface area contributed by atoms with E-state index in [1.807, 2.05) is 0 Å². The van der Waals surface area contributed by atoms with Gasteiger partial charge >= 0.3 is 0 Å². The molecule has 38 heavy (non-hydrogen) atoms. The van der Waals surface area contributed by atoms with Crippen LogP contribution in [0.15, 0.2) is 41.3 Å². The number of piperazine rings is 1. The molecule has 2 aromatic rings. The highest BCUT2D eigenvalue weighted by atomic mass is 35.5. The molecule has 0 aromatic heterocycles. The molecule has 1 aliphatic carbocycles. The quantitative estimate of drug-likeness (QED) is 0.459. The highest BCUT2D eigenvalue weighted by Crippen LogP contribution is 2.32. The number of amides is 2. The van der Waals surface area contributed by atoms with Crippen molar-refractivity contribution in [3.05, 3.63) is 63.1 Å². The number of nitrogens with zero attached hydrogens (tertiary/aromatic N) is 1. The van der Waals surface area contributed by atoms with Crippen LogP contribution < -0.4 is 16.0 Å². The monoisotopic (exact) mass is 580 g/mol. The average molecular weight is 582 g/mol. The predicted octanol–water partition coefficient (Wildman–Crippen LogP) is 3.95. The van der Waals surface area contributed by atoms with E-state index in [2.05, 4.69) is 54.9 Å². The Hall–Kier alpha value is -2.17. The largest absolute Gasteiger partial charge is 0.353 e. The number of sulfonamides is 1. The lowest BCUT2D eigenvalue weighted by Crippen LogP contribution is -2.58. The van der Waals surface area contributed by atoms with Crippen LogP contribution in [-0.2, 0) is 32.6 Å². The van der Waals surface area contributed by atoms with Crippen LogP contribution in [0.5, 0.6) is 0 Å². The van der Waals surface area contributed by atoms with Crippen molar-refractivity contribution in [1.82, 2.24) is 20.3 Å². The Morgan fingerprint density at radius 3 is 2.61 bits per heavy atom. The minimum atomic E-state index is -4.09. The lowest BCUT2D eigenvalue weighted by molar-refractivity contribution is -0.132. The van der Waals surface area contributed by atoms with E-state index < -0.39 is 22.0 Å². The Morgan fingerprint density at radius 1 is 1.13 bits per heavy atom. The van der Waals surface area contributed by atoms with Gasteiger partial charge in [-0.25, -0.2) is 8.42 Å². The van der Waals surface area contributed by atoms with Gasteiger partial charge in [0.15, 0.2) is 0 Å². The number of hydrogen-bond donors (Lipinski definition) is 3. The van der Waals surface area contributed by atoms with Gasteiger partial charge < -0.3 is 16.0 Å². The lowest BCUT2D eigenvalue weighted by Gasteiger charge is -2.34. The number of carbonyl (C=O) groups is 2. The SMILES string of the molecule is CC(C)(C)NCc1ccc2c(c1)CCC[C@H]2NC(=O)C[C@@H]1C(=O)NCCN1S(=O)(=O)c1ccc(Cl)c(Cl)c1. The molecule has 1 fully saturated rings. The molecular formula is C27H34Cl2N4O4S. The molecule has 0 unspecified atom stereocenters. The van der Waals surface area contributed by atoms with Crippen LogP contribution in [0.3, 0.4) is 0 Å². The van der Waals surface area contributed by atoms with E-state index in [0.29, 0.717) is 0 Å². The molecule has 1 saturated heterocycles. The van der Waals surface area contributed by atoms with Crippen molar-refractivity contribution in [2.45, 2.75) is 75.5 Å². The second-order valence-electron chi connectivity index (χ2n) is 10.9. The topological polar surface area (TPSA) is 108 Å². The molecule has 8 nitrogen and oxygen atoms in total. The van der Waals surface area contributed by atoms with Gasteiger partial charge in [-0.2, -0.15) is 4.31 Å². The fourth-order valence-electron chi connectivity index (χ4n) is 4.87. The highest BCUT2D eigenvalue weighted by Gasteiger charge is 2.40. The molecule has 2 atom stereocenters. The Bertz CT molecular complexity index is 1330. The van der Waals surface area contributed by atoms with Gasteiger partial charge in [0, 0.05) is 25.2 Å². The van der Waals surface area contributed by atoms with Gasteiger partial charge in [0.05, 0.1) is 27.4 Å². The summed E-state index contributed by atoms with van der Waals surface area (Å²) in [4.78, 5) is 25.8. The molecule has 2 amide bonds. The second kappa shape index (κ2) is 11.5. The van der Waals surface area contributed by atoms with Gasteiger partial charge in [-0.15, -0.1) is 0 Å². The first-order valence-corrected chi connectivity index (χ1v) is 15.0. The molecule has 0 saturated carbocycles. The van der Waals surface area contributed by atoms with Crippen LogP contribution in [-0.4, -0.2) is 49.2 Å². The normalized spacial score (nSPS) is 20.5. The molecule has 0 spiro atoms. The fourth-order valence-corrected chi connectivity index (χ4v) is 6.85. The van der Waals surface area contributed by atoms with Gasteiger partial charge in [0.1, 0.15) is 6.04 Å². The Labute approximate surface area is 234 Å². The first-order valence-electron chi connectivity index (χ1n) is 12.8. The molecule has 2 aromatic carbocycles. The molecule has 206 valence electrons. The van der Waals surface area contributed by atoms with E-state index in [9.17, 15) is 18.0 Å². The van der Waals surface area contributed by atoms with Crippen LogP contribution in [0.25, 0.3) is 0 Å². The molecular weight excluding hydrogens is 547 g/mol. The zero-order chi connectivity index (χ0) is 27.7. The van der Waals surface area contributed by atoms with Gasteiger partial charge in [0.25, 0.3) is 0 Å². The maximum Gasteiger partial charge on any atom is 0.243 e. The van der Waals surface area contributed by atoms with Crippen LogP contribution in [0.1, 0.15) is 62.8 Å². The first-order chi connectivity index (χ1) is 17.8. The van der Waals surface area contributed by atoms with E-state index in [4.69, 9.17) is 23.2 Å². The van der Waals surface area contributed by atoms with Crippen molar-refractivity contribution in [2.24, 2.45) is 0 Å². The van der Waals surface area contributed by atoms with Gasteiger partial charge in [-0.1, -0.05) is 41.4 Å². The van der Waals surface area contributed by atoms with Crippen LogP contribution in [0.2, 0.25) is 10.0 Å². The van der Waals surface area contributed by atoms with Crippen molar-refractivity contribution in [3.8, 4) is 0 Å². The number of fused-ring (bicyclic) bond motifs is 1. The molecule has 1 heterocycles. The molecule has 4 rings (SSSR count). The molecule has 11 heteroatoms. The Balaban J connectivity index is 1.48. The smallest absolute Gasteiger partial charge is 0.243 e. The predicted molar refractivity (Wildman–Crippen MR) is 149 cm³/mol.